The van der Waals surface area contributed by atoms with Gasteiger partial charge in [-0.1, -0.05) is 18.2 Å². The summed E-state index contributed by atoms with van der Waals surface area (Å²) in [7, 11) is 1.56. The van der Waals surface area contributed by atoms with Gasteiger partial charge in [-0.3, -0.25) is 4.79 Å². The number of benzene rings is 2. The molecule has 26 heavy (non-hydrogen) atoms. The third kappa shape index (κ3) is 4.13. The Bertz CT molecular complexity index is 946. The van der Waals surface area contributed by atoms with Gasteiger partial charge in [-0.05, 0) is 43.3 Å². The van der Waals surface area contributed by atoms with Gasteiger partial charge in [0.15, 0.2) is 0 Å². The number of hydrogen-bond acceptors (Lipinski definition) is 5. The molecule has 0 aliphatic carbocycles. The third-order valence-electron chi connectivity index (χ3n) is 3.52. The van der Waals surface area contributed by atoms with E-state index in [0.717, 1.165) is 0 Å². The number of para-hydroxylation sites is 2. The standard InChI is InChI=1S/C19H17FN4O2/c1-12-10-16(18(25)22-14-7-5-6-13(20)11-14)24-19(21-12)23-15-8-3-4-9-17(15)26-2/h3-11H,1-2H3,(H,22,25)(H,21,23,24). The quantitative estimate of drug-likeness (QED) is 0.728. The van der Waals surface area contributed by atoms with Crippen LogP contribution in [0.2, 0.25) is 0 Å². The highest BCUT2D eigenvalue weighted by atomic mass is 19.1. The van der Waals surface area contributed by atoms with Crippen molar-refractivity contribution in [3.8, 4) is 5.75 Å². The number of carbonyl (C=O) groups is 1. The van der Waals surface area contributed by atoms with Crippen molar-refractivity contribution in [2.24, 2.45) is 0 Å². The molecule has 3 aromatic rings. The Morgan fingerprint density at radius 2 is 1.88 bits per heavy atom. The second-order valence-electron chi connectivity index (χ2n) is 5.51. The molecule has 132 valence electrons. The minimum absolute atomic E-state index is 0.166. The molecule has 6 nitrogen and oxygen atoms in total. The van der Waals surface area contributed by atoms with E-state index in [1.807, 2.05) is 18.2 Å². The molecule has 0 fully saturated rings. The number of nitrogens with one attached hydrogen (secondary N) is 2. The predicted octanol–water partition coefficient (Wildman–Crippen LogP) is 3.93. The number of carbonyl (C=O) groups excluding carboxylic acids is 1. The van der Waals surface area contributed by atoms with E-state index in [-0.39, 0.29) is 11.6 Å². The number of rotatable bonds is 5. The summed E-state index contributed by atoms with van der Waals surface area (Å²) in [6, 6.07) is 14.5. The van der Waals surface area contributed by atoms with E-state index in [1.54, 1.807) is 32.2 Å². The van der Waals surface area contributed by atoms with Crippen LogP contribution < -0.4 is 15.4 Å². The number of anilines is 3. The summed E-state index contributed by atoms with van der Waals surface area (Å²) in [6.07, 6.45) is 0. The Morgan fingerprint density at radius 3 is 2.65 bits per heavy atom. The maximum absolute atomic E-state index is 13.3. The van der Waals surface area contributed by atoms with E-state index in [0.29, 0.717) is 22.8 Å². The van der Waals surface area contributed by atoms with Crippen LogP contribution in [0, 0.1) is 12.7 Å². The van der Waals surface area contributed by atoms with Gasteiger partial charge < -0.3 is 15.4 Å². The fourth-order valence-electron chi connectivity index (χ4n) is 2.37. The van der Waals surface area contributed by atoms with Gasteiger partial charge in [0, 0.05) is 11.4 Å². The average Bonchev–Trinajstić information content (AvgIpc) is 2.61. The number of halogens is 1. The van der Waals surface area contributed by atoms with Crippen LogP contribution in [0.3, 0.4) is 0 Å². The van der Waals surface area contributed by atoms with Crippen molar-refractivity contribution >= 4 is 23.2 Å². The van der Waals surface area contributed by atoms with E-state index in [4.69, 9.17) is 4.74 Å². The monoisotopic (exact) mass is 352 g/mol. The van der Waals surface area contributed by atoms with Crippen LogP contribution in [-0.4, -0.2) is 23.0 Å². The van der Waals surface area contributed by atoms with Crippen LogP contribution >= 0.6 is 0 Å². The maximum atomic E-state index is 13.3. The zero-order valence-electron chi connectivity index (χ0n) is 14.3. The smallest absolute Gasteiger partial charge is 0.274 e. The molecule has 0 saturated carbocycles. The summed E-state index contributed by atoms with van der Waals surface area (Å²) in [5.74, 6) is 0.00614. The highest BCUT2D eigenvalue weighted by Gasteiger charge is 2.12. The fourth-order valence-corrected chi connectivity index (χ4v) is 2.37. The lowest BCUT2D eigenvalue weighted by Gasteiger charge is -2.11. The molecule has 0 saturated heterocycles. The first-order chi connectivity index (χ1) is 12.5. The summed E-state index contributed by atoms with van der Waals surface area (Å²) < 4.78 is 18.5. The average molecular weight is 352 g/mol. The SMILES string of the molecule is COc1ccccc1Nc1nc(C)cc(C(=O)Nc2cccc(F)c2)n1. The molecule has 0 spiro atoms. The number of amides is 1. The lowest BCUT2D eigenvalue weighted by molar-refractivity contribution is 0.102. The first-order valence-electron chi connectivity index (χ1n) is 7.88. The highest BCUT2D eigenvalue weighted by molar-refractivity contribution is 6.03. The molecule has 0 radical (unpaired) electrons. The highest BCUT2D eigenvalue weighted by Crippen LogP contribution is 2.25. The van der Waals surface area contributed by atoms with Gasteiger partial charge in [-0.2, -0.15) is 0 Å². The molecule has 1 amide bonds. The Kier molecular flexibility index (Phi) is 5.07. The number of hydrogen-bond donors (Lipinski definition) is 2. The van der Waals surface area contributed by atoms with Crippen molar-refractivity contribution < 1.29 is 13.9 Å². The molecular formula is C19H17FN4O2. The zero-order chi connectivity index (χ0) is 18.5. The van der Waals surface area contributed by atoms with Gasteiger partial charge in [0.25, 0.3) is 5.91 Å². The Hall–Kier alpha value is -3.48. The number of aromatic nitrogens is 2. The van der Waals surface area contributed by atoms with E-state index in [2.05, 4.69) is 20.6 Å². The van der Waals surface area contributed by atoms with Crippen molar-refractivity contribution in [3.63, 3.8) is 0 Å². The first kappa shape index (κ1) is 17.3. The Morgan fingerprint density at radius 1 is 1.08 bits per heavy atom. The lowest BCUT2D eigenvalue weighted by Crippen LogP contribution is -2.15. The fraction of sp³-hybridized carbons (Fsp3) is 0.105. The van der Waals surface area contributed by atoms with Gasteiger partial charge >= 0.3 is 0 Å². The second kappa shape index (κ2) is 7.60. The van der Waals surface area contributed by atoms with Gasteiger partial charge in [0.2, 0.25) is 5.95 Å². The van der Waals surface area contributed by atoms with Crippen LogP contribution in [0.25, 0.3) is 0 Å². The summed E-state index contributed by atoms with van der Waals surface area (Å²) in [4.78, 5) is 21.0. The Labute approximate surface area is 150 Å². The van der Waals surface area contributed by atoms with Gasteiger partial charge in [-0.25, -0.2) is 14.4 Å². The summed E-state index contributed by atoms with van der Waals surface area (Å²) >= 11 is 0. The topological polar surface area (TPSA) is 76.1 Å². The van der Waals surface area contributed by atoms with Crippen molar-refractivity contribution in [1.82, 2.24) is 9.97 Å². The summed E-state index contributed by atoms with van der Waals surface area (Å²) in [5.41, 5.74) is 1.81. The first-order valence-corrected chi connectivity index (χ1v) is 7.88. The molecular weight excluding hydrogens is 335 g/mol. The molecule has 2 aromatic carbocycles. The number of nitrogens with zero attached hydrogens (tertiary/aromatic N) is 2. The molecule has 1 heterocycles. The zero-order valence-corrected chi connectivity index (χ0v) is 14.3. The Balaban J connectivity index is 1.84. The minimum Gasteiger partial charge on any atom is -0.495 e. The molecule has 7 heteroatoms. The lowest BCUT2D eigenvalue weighted by atomic mass is 10.2. The van der Waals surface area contributed by atoms with Crippen molar-refractivity contribution in [3.05, 3.63) is 71.8 Å². The van der Waals surface area contributed by atoms with Crippen molar-refractivity contribution in [1.29, 1.82) is 0 Å². The summed E-state index contributed by atoms with van der Waals surface area (Å²) in [5, 5.41) is 5.66. The molecule has 0 atom stereocenters. The molecule has 3 rings (SSSR count). The van der Waals surface area contributed by atoms with Gasteiger partial charge in [0.05, 0.1) is 12.8 Å². The predicted molar refractivity (Wildman–Crippen MR) is 97.4 cm³/mol. The molecule has 0 bridgehead atoms. The van der Waals surface area contributed by atoms with E-state index in [9.17, 15) is 9.18 Å². The molecule has 1 aromatic heterocycles. The largest absolute Gasteiger partial charge is 0.495 e. The van der Waals surface area contributed by atoms with Crippen molar-refractivity contribution in [2.45, 2.75) is 6.92 Å². The van der Waals surface area contributed by atoms with E-state index in [1.165, 1.54) is 18.2 Å². The number of aryl methyl sites for hydroxylation is 1. The molecule has 0 aliphatic heterocycles. The van der Waals surface area contributed by atoms with Crippen molar-refractivity contribution in [2.75, 3.05) is 17.7 Å². The minimum atomic E-state index is -0.454. The number of ether oxygens (including phenoxy) is 1. The van der Waals surface area contributed by atoms with Crippen LogP contribution in [-0.2, 0) is 0 Å². The van der Waals surface area contributed by atoms with Crippen LogP contribution in [0.1, 0.15) is 16.2 Å². The normalized spacial score (nSPS) is 10.3. The van der Waals surface area contributed by atoms with Crippen LogP contribution in [0.15, 0.2) is 54.6 Å². The molecule has 2 N–H and O–H groups in total. The van der Waals surface area contributed by atoms with E-state index < -0.39 is 11.7 Å². The number of methoxy groups -OCH3 is 1. The van der Waals surface area contributed by atoms with Crippen LogP contribution in [0.5, 0.6) is 5.75 Å². The van der Waals surface area contributed by atoms with Crippen LogP contribution in [0.4, 0.5) is 21.7 Å². The van der Waals surface area contributed by atoms with Gasteiger partial charge in [0.1, 0.15) is 17.3 Å². The maximum Gasteiger partial charge on any atom is 0.274 e. The second-order valence-corrected chi connectivity index (χ2v) is 5.51. The third-order valence-corrected chi connectivity index (χ3v) is 3.52. The molecule has 0 aliphatic rings. The van der Waals surface area contributed by atoms with Gasteiger partial charge in [-0.15, -0.1) is 0 Å². The summed E-state index contributed by atoms with van der Waals surface area (Å²) in [6.45, 7) is 1.76. The van der Waals surface area contributed by atoms with E-state index >= 15 is 0 Å². The molecule has 0 unspecified atom stereocenters.